The highest BCUT2D eigenvalue weighted by atomic mass is 16.6. The quantitative estimate of drug-likeness (QED) is 0.266. The minimum Gasteiger partial charge on any atom is -0.365 e. The fraction of sp³-hybridized carbons (Fsp3) is 0. The minimum atomic E-state index is -0.446. The fourth-order valence-corrected chi connectivity index (χ4v) is 1.06. The minimum absolute atomic E-state index is 0.0457. The Morgan fingerprint density at radius 2 is 2.24 bits per heavy atom. The summed E-state index contributed by atoms with van der Waals surface area (Å²) in [5.74, 6) is -0.0787. The van der Waals surface area contributed by atoms with Crippen molar-refractivity contribution in [1.82, 2.24) is 0 Å². The molecule has 1 rings (SSSR count). The second kappa shape index (κ2) is 6.01. The number of allylic oxidation sites excluding steroid dienone is 1. The number of hydrogen-bond donors (Lipinski definition) is 3. The van der Waals surface area contributed by atoms with Crippen LogP contribution in [0, 0.1) is 10.1 Å². The number of rotatable bonds is 4. The molecule has 88 valence electrons. The van der Waals surface area contributed by atoms with Gasteiger partial charge < -0.3 is 11.5 Å². The summed E-state index contributed by atoms with van der Waals surface area (Å²) in [7, 11) is 0. The van der Waals surface area contributed by atoms with Crippen LogP contribution in [0.5, 0.6) is 0 Å². The van der Waals surface area contributed by atoms with E-state index in [1.807, 2.05) is 0 Å². The van der Waals surface area contributed by atoms with Crippen molar-refractivity contribution in [1.29, 1.82) is 0 Å². The lowest BCUT2D eigenvalue weighted by Gasteiger charge is -1.92. The first-order valence-corrected chi connectivity index (χ1v) is 4.68. The molecule has 0 heterocycles. The topological polar surface area (TPSA) is 122 Å². The van der Waals surface area contributed by atoms with Gasteiger partial charge in [-0.1, -0.05) is 12.1 Å². The first-order chi connectivity index (χ1) is 8.09. The zero-order valence-corrected chi connectivity index (χ0v) is 8.91. The summed E-state index contributed by atoms with van der Waals surface area (Å²) in [6.07, 6.45) is 4.81. The van der Waals surface area contributed by atoms with Gasteiger partial charge in [-0.05, 0) is 11.6 Å². The molecule has 0 fully saturated rings. The van der Waals surface area contributed by atoms with E-state index >= 15 is 0 Å². The molecule has 0 atom stereocenters. The van der Waals surface area contributed by atoms with Gasteiger partial charge in [0.1, 0.15) is 0 Å². The molecule has 0 aliphatic rings. The molecule has 0 amide bonds. The molecule has 7 nitrogen and oxygen atoms in total. The van der Waals surface area contributed by atoms with Crippen molar-refractivity contribution in [2.75, 3.05) is 0 Å². The maximum atomic E-state index is 10.5. The lowest BCUT2D eigenvalue weighted by Crippen LogP contribution is -2.63. The van der Waals surface area contributed by atoms with E-state index in [1.165, 1.54) is 18.3 Å². The summed E-state index contributed by atoms with van der Waals surface area (Å²) in [5.41, 5.74) is 10.9. The highest BCUT2D eigenvalue weighted by Crippen LogP contribution is 2.13. The third kappa shape index (κ3) is 4.56. The maximum absolute atomic E-state index is 10.5. The molecule has 1 aromatic carbocycles. The second-order valence-electron chi connectivity index (χ2n) is 3.04. The van der Waals surface area contributed by atoms with Crippen LogP contribution >= 0.6 is 0 Å². The molecule has 17 heavy (non-hydrogen) atoms. The third-order valence-electron chi connectivity index (χ3n) is 1.73. The standard InChI is InChI=1S/C10H11N5O2/c11-10(12)14-13-6-2-4-8-3-1-5-9(7-8)15(16)17/h1-7H,(H4,11,12,14)/p+1/b4-2+,13-6-. The van der Waals surface area contributed by atoms with Crippen LogP contribution in [-0.2, 0) is 0 Å². The van der Waals surface area contributed by atoms with Crippen molar-refractivity contribution in [3.05, 3.63) is 46.0 Å². The summed E-state index contributed by atoms with van der Waals surface area (Å²) in [6, 6.07) is 6.25. The molecule has 0 aromatic heterocycles. The number of hydrazone groups is 1. The number of non-ortho nitro benzene ring substituents is 1. The van der Waals surface area contributed by atoms with Crippen molar-refractivity contribution in [2.24, 2.45) is 16.6 Å². The van der Waals surface area contributed by atoms with Gasteiger partial charge in [0, 0.05) is 23.3 Å². The Morgan fingerprint density at radius 1 is 1.47 bits per heavy atom. The maximum Gasteiger partial charge on any atom is 0.270 e. The van der Waals surface area contributed by atoms with Gasteiger partial charge in [-0.25, -0.2) is 0 Å². The predicted octanol–water partition coefficient (Wildman–Crippen LogP) is -1.05. The van der Waals surface area contributed by atoms with E-state index in [1.54, 1.807) is 24.3 Å². The number of nitrogens with one attached hydrogen (secondary N) is 1. The number of nitro groups is 1. The molecule has 0 saturated heterocycles. The Kier molecular flexibility index (Phi) is 4.37. The molecule has 0 radical (unpaired) electrons. The molecule has 0 bridgehead atoms. The van der Waals surface area contributed by atoms with Gasteiger partial charge >= 0.3 is 0 Å². The summed E-state index contributed by atoms with van der Waals surface area (Å²) in [6.45, 7) is 0. The Morgan fingerprint density at radius 3 is 2.88 bits per heavy atom. The summed E-state index contributed by atoms with van der Waals surface area (Å²) >= 11 is 0. The molecular formula is C10H12N5O2+. The van der Waals surface area contributed by atoms with Gasteiger partial charge in [0.15, 0.2) is 6.21 Å². The van der Waals surface area contributed by atoms with Crippen LogP contribution in [0.1, 0.15) is 5.56 Å². The van der Waals surface area contributed by atoms with E-state index in [0.29, 0.717) is 5.56 Å². The molecule has 0 aliphatic heterocycles. The molecule has 0 spiro atoms. The van der Waals surface area contributed by atoms with Crippen LogP contribution in [0.15, 0.2) is 35.4 Å². The van der Waals surface area contributed by atoms with Gasteiger partial charge in [-0.15, -0.1) is 5.10 Å². The van der Waals surface area contributed by atoms with Gasteiger partial charge in [-0.2, -0.15) is 0 Å². The molecule has 0 unspecified atom stereocenters. The van der Waals surface area contributed by atoms with E-state index in [0.717, 1.165) is 0 Å². The first kappa shape index (κ1) is 12.4. The average molecular weight is 234 g/mol. The van der Waals surface area contributed by atoms with Gasteiger partial charge in [0.25, 0.3) is 11.6 Å². The number of nitro benzene ring substituents is 1. The van der Waals surface area contributed by atoms with Crippen LogP contribution in [0.3, 0.4) is 0 Å². The van der Waals surface area contributed by atoms with Crippen molar-refractivity contribution >= 4 is 23.9 Å². The van der Waals surface area contributed by atoms with Crippen LogP contribution in [0.25, 0.3) is 6.08 Å². The monoisotopic (exact) mass is 234 g/mol. The van der Waals surface area contributed by atoms with Crippen LogP contribution in [0.2, 0.25) is 0 Å². The molecule has 1 aromatic rings. The summed E-state index contributed by atoms with van der Waals surface area (Å²) < 4.78 is 0. The Hall–Kier alpha value is -2.70. The molecular weight excluding hydrogens is 222 g/mol. The van der Waals surface area contributed by atoms with E-state index in [-0.39, 0.29) is 11.6 Å². The van der Waals surface area contributed by atoms with E-state index in [9.17, 15) is 10.1 Å². The van der Waals surface area contributed by atoms with Crippen molar-refractivity contribution < 1.29 is 10.0 Å². The first-order valence-electron chi connectivity index (χ1n) is 4.68. The van der Waals surface area contributed by atoms with Crippen molar-refractivity contribution in [2.45, 2.75) is 0 Å². The molecule has 5 N–H and O–H groups in total. The highest BCUT2D eigenvalue weighted by molar-refractivity contribution is 5.76. The number of nitrogens with two attached hydrogens (primary N) is 2. The van der Waals surface area contributed by atoms with Gasteiger partial charge in [0.05, 0.1) is 4.92 Å². The van der Waals surface area contributed by atoms with E-state index in [4.69, 9.17) is 11.5 Å². The predicted molar refractivity (Wildman–Crippen MR) is 65.0 cm³/mol. The smallest absolute Gasteiger partial charge is 0.270 e. The highest BCUT2D eigenvalue weighted by Gasteiger charge is 2.03. The normalized spacial score (nSPS) is 10.8. The van der Waals surface area contributed by atoms with Gasteiger partial charge in [0.2, 0.25) is 0 Å². The summed E-state index contributed by atoms with van der Waals surface area (Å²) in [4.78, 5) is 10.1. The zero-order chi connectivity index (χ0) is 12.7. The van der Waals surface area contributed by atoms with Crippen molar-refractivity contribution in [3.8, 4) is 0 Å². The Balaban J connectivity index is 2.72. The SMILES string of the molecule is NC(N)=N/[NH+]=C\C=C\c1cccc([N+](=O)[O-])c1. The fourth-order valence-electron chi connectivity index (χ4n) is 1.06. The van der Waals surface area contributed by atoms with Crippen molar-refractivity contribution in [3.63, 3.8) is 0 Å². The number of nitrogens with zero attached hydrogens (tertiary/aromatic N) is 2. The van der Waals surface area contributed by atoms with Crippen LogP contribution < -0.4 is 16.6 Å². The lowest BCUT2D eigenvalue weighted by molar-refractivity contribution is -0.456. The van der Waals surface area contributed by atoms with E-state index in [2.05, 4.69) is 10.2 Å². The Bertz CT molecular complexity index is 489. The van der Waals surface area contributed by atoms with Crippen LogP contribution in [-0.4, -0.2) is 17.1 Å². The number of guanidine groups is 1. The average Bonchev–Trinajstić information content (AvgIpc) is 2.28. The number of hydrogen-bond acceptors (Lipinski definition) is 3. The largest absolute Gasteiger partial charge is 0.365 e. The zero-order valence-electron chi connectivity index (χ0n) is 8.91. The van der Waals surface area contributed by atoms with Crippen LogP contribution in [0.4, 0.5) is 5.69 Å². The molecule has 7 heteroatoms. The number of benzene rings is 1. The molecule has 0 aliphatic carbocycles. The van der Waals surface area contributed by atoms with E-state index < -0.39 is 4.92 Å². The summed E-state index contributed by atoms with van der Waals surface area (Å²) in [5, 5.41) is 16.5. The lowest BCUT2D eigenvalue weighted by atomic mass is 10.2. The third-order valence-corrected chi connectivity index (χ3v) is 1.73. The second-order valence-corrected chi connectivity index (χ2v) is 3.04. The Labute approximate surface area is 97.3 Å². The molecule has 0 saturated carbocycles. The van der Waals surface area contributed by atoms with Gasteiger partial charge in [-0.3, -0.25) is 10.1 Å².